The van der Waals surface area contributed by atoms with Gasteiger partial charge in [-0.05, 0) is 12.0 Å². The molecule has 0 fully saturated rings. The first kappa shape index (κ1) is 14.2. The molecule has 0 bridgehead atoms. The molecule has 1 aromatic carbocycles. The van der Waals surface area contributed by atoms with Crippen LogP contribution in [0.1, 0.15) is 35.6 Å². The molecule has 4 nitrogen and oxygen atoms in total. The van der Waals surface area contributed by atoms with E-state index in [2.05, 4.69) is 0 Å². The Kier molecular flexibility index (Phi) is 4.91. The molecule has 1 rings (SSSR count). The third-order valence-electron chi connectivity index (χ3n) is 2.47. The SMILES string of the molecule is O=CCCc1ccc(C(F)F)c(C(O)C(=O)O)c1. The van der Waals surface area contributed by atoms with Crippen LogP contribution < -0.4 is 0 Å². The number of carboxylic acids is 1. The van der Waals surface area contributed by atoms with Gasteiger partial charge in [-0.1, -0.05) is 18.2 Å². The number of aliphatic hydroxyl groups excluding tert-OH is 1. The first-order valence-corrected chi connectivity index (χ1v) is 5.22. The van der Waals surface area contributed by atoms with E-state index in [1.54, 1.807) is 0 Å². The van der Waals surface area contributed by atoms with E-state index in [0.29, 0.717) is 18.3 Å². The van der Waals surface area contributed by atoms with Gasteiger partial charge >= 0.3 is 5.97 Å². The zero-order valence-electron chi connectivity index (χ0n) is 9.35. The number of carbonyl (C=O) groups is 2. The molecule has 0 amide bonds. The van der Waals surface area contributed by atoms with E-state index in [0.717, 1.165) is 6.07 Å². The molecular weight excluding hydrogens is 246 g/mol. The summed E-state index contributed by atoms with van der Waals surface area (Å²) in [5, 5.41) is 18.0. The molecule has 6 heteroatoms. The van der Waals surface area contributed by atoms with Gasteiger partial charge in [-0.3, -0.25) is 0 Å². The Balaban J connectivity index is 3.14. The molecule has 18 heavy (non-hydrogen) atoms. The number of alkyl halides is 2. The predicted octanol–water partition coefficient (Wildman–Crippen LogP) is 1.87. The van der Waals surface area contributed by atoms with Crippen LogP contribution in [-0.4, -0.2) is 22.5 Å². The average Bonchev–Trinajstić information content (AvgIpc) is 2.34. The van der Waals surface area contributed by atoms with Gasteiger partial charge in [0.15, 0.2) is 6.10 Å². The number of aryl methyl sites for hydroxylation is 1. The highest BCUT2D eigenvalue weighted by Crippen LogP contribution is 2.29. The van der Waals surface area contributed by atoms with E-state index in [-0.39, 0.29) is 12.0 Å². The first-order chi connectivity index (χ1) is 8.47. The number of halogens is 2. The van der Waals surface area contributed by atoms with E-state index in [1.165, 1.54) is 12.1 Å². The molecule has 1 aromatic rings. The van der Waals surface area contributed by atoms with Crippen molar-refractivity contribution in [2.45, 2.75) is 25.4 Å². The highest BCUT2D eigenvalue weighted by Gasteiger charge is 2.23. The van der Waals surface area contributed by atoms with Crippen LogP contribution in [0.5, 0.6) is 0 Å². The second-order valence-electron chi connectivity index (χ2n) is 3.71. The topological polar surface area (TPSA) is 74.6 Å². The van der Waals surface area contributed by atoms with Crippen molar-refractivity contribution in [2.75, 3.05) is 0 Å². The van der Waals surface area contributed by atoms with Crippen molar-refractivity contribution >= 4 is 12.3 Å². The van der Waals surface area contributed by atoms with Gasteiger partial charge in [0.2, 0.25) is 0 Å². The zero-order chi connectivity index (χ0) is 13.7. The molecule has 0 spiro atoms. The van der Waals surface area contributed by atoms with Gasteiger partial charge in [-0.15, -0.1) is 0 Å². The summed E-state index contributed by atoms with van der Waals surface area (Å²) in [6.07, 6.45) is -3.67. The Hall–Kier alpha value is -1.82. The number of aliphatic hydroxyl groups is 1. The largest absolute Gasteiger partial charge is 0.479 e. The molecule has 2 N–H and O–H groups in total. The molecule has 1 unspecified atom stereocenters. The number of aliphatic carboxylic acids is 1. The summed E-state index contributed by atoms with van der Waals surface area (Å²) in [6.45, 7) is 0. The van der Waals surface area contributed by atoms with Gasteiger partial charge in [0.1, 0.15) is 6.29 Å². The summed E-state index contributed by atoms with van der Waals surface area (Å²) >= 11 is 0. The monoisotopic (exact) mass is 258 g/mol. The standard InChI is InChI=1S/C12H12F2O4/c13-11(14)8-4-3-7(2-1-5-15)6-9(8)10(16)12(17)18/h3-6,10-11,16H,1-2H2,(H,17,18). The van der Waals surface area contributed by atoms with Crippen LogP contribution in [0.3, 0.4) is 0 Å². The second-order valence-corrected chi connectivity index (χ2v) is 3.71. The lowest BCUT2D eigenvalue weighted by atomic mass is 9.97. The van der Waals surface area contributed by atoms with Crippen LogP contribution in [0, 0.1) is 0 Å². The summed E-state index contributed by atoms with van der Waals surface area (Å²) in [7, 11) is 0. The Labute approximate surface area is 102 Å². The Morgan fingerprint density at radius 2 is 2.00 bits per heavy atom. The van der Waals surface area contributed by atoms with E-state index in [9.17, 15) is 23.5 Å². The summed E-state index contributed by atoms with van der Waals surface area (Å²) < 4.78 is 25.3. The lowest BCUT2D eigenvalue weighted by molar-refractivity contribution is -0.147. The number of carboxylic acid groups (broad SMARTS) is 1. The van der Waals surface area contributed by atoms with E-state index in [1.807, 2.05) is 0 Å². The van der Waals surface area contributed by atoms with Crippen LogP contribution in [-0.2, 0) is 16.0 Å². The number of hydrogen-bond acceptors (Lipinski definition) is 3. The molecule has 0 saturated carbocycles. The Morgan fingerprint density at radius 1 is 1.33 bits per heavy atom. The van der Waals surface area contributed by atoms with Gasteiger partial charge in [-0.25, -0.2) is 13.6 Å². The summed E-state index contributed by atoms with van der Waals surface area (Å²) in [6, 6.07) is 3.67. The van der Waals surface area contributed by atoms with Gasteiger partial charge in [0.05, 0.1) is 0 Å². The van der Waals surface area contributed by atoms with Crippen LogP contribution >= 0.6 is 0 Å². The summed E-state index contributed by atoms with van der Waals surface area (Å²) in [4.78, 5) is 20.9. The minimum atomic E-state index is -2.87. The van der Waals surface area contributed by atoms with Crippen molar-refractivity contribution in [1.82, 2.24) is 0 Å². The van der Waals surface area contributed by atoms with Crippen molar-refractivity contribution in [2.24, 2.45) is 0 Å². The molecule has 98 valence electrons. The molecule has 0 aliphatic heterocycles. The molecule has 0 aromatic heterocycles. The predicted molar refractivity (Wildman–Crippen MR) is 58.4 cm³/mol. The van der Waals surface area contributed by atoms with Crippen LogP contribution in [0.25, 0.3) is 0 Å². The molecule has 1 atom stereocenters. The summed E-state index contributed by atoms with van der Waals surface area (Å²) in [5.41, 5.74) is -0.317. The maximum absolute atomic E-state index is 12.7. The molecule has 0 saturated heterocycles. The fraction of sp³-hybridized carbons (Fsp3) is 0.333. The van der Waals surface area contributed by atoms with E-state index >= 15 is 0 Å². The van der Waals surface area contributed by atoms with Crippen molar-refractivity contribution in [1.29, 1.82) is 0 Å². The fourth-order valence-electron chi connectivity index (χ4n) is 1.57. The molecule has 0 radical (unpaired) electrons. The highest BCUT2D eigenvalue weighted by atomic mass is 19.3. The smallest absolute Gasteiger partial charge is 0.337 e. The van der Waals surface area contributed by atoms with Gasteiger partial charge < -0.3 is 15.0 Å². The molecule has 0 aliphatic rings. The van der Waals surface area contributed by atoms with Gasteiger partial charge in [0, 0.05) is 17.5 Å². The normalized spacial score (nSPS) is 12.4. The van der Waals surface area contributed by atoms with Crippen LogP contribution in [0.15, 0.2) is 18.2 Å². The molecular formula is C12H12F2O4. The van der Waals surface area contributed by atoms with Gasteiger partial charge in [0.25, 0.3) is 6.43 Å². The number of benzene rings is 1. The van der Waals surface area contributed by atoms with Crippen molar-refractivity contribution < 1.29 is 28.6 Å². The third kappa shape index (κ3) is 3.33. The Morgan fingerprint density at radius 3 is 2.50 bits per heavy atom. The lowest BCUT2D eigenvalue weighted by Crippen LogP contribution is -2.13. The fourth-order valence-corrected chi connectivity index (χ4v) is 1.57. The maximum Gasteiger partial charge on any atom is 0.337 e. The number of aldehydes is 1. The minimum absolute atomic E-state index is 0.205. The highest BCUT2D eigenvalue weighted by molar-refractivity contribution is 5.74. The van der Waals surface area contributed by atoms with Crippen molar-refractivity contribution in [3.63, 3.8) is 0 Å². The van der Waals surface area contributed by atoms with Crippen LogP contribution in [0.4, 0.5) is 8.78 Å². The minimum Gasteiger partial charge on any atom is -0.479 e. The zero-order valence-corrected chi connectivity index (χ0v) is 9.35. The number of rotatable bonds is 6. The average molecular weight is 258 g/mol. The number of hydrogen-bond donors (Lipinski definition) is 2. The Bertz CT molecular complexity index is 446. The van der Waals surface area contributed by atoms with Crippen molar-refractivity contribution in [3.8, 4) is 0 Å². The summed E-state index contributed by atoms with van der Waals surface area (Å²) in [5.74, 6) is -1.59. The molecule has 0 heterocycles. The lowest BCUT2D eigenvalue weighted by Gasteiger charge is -2.13. The molecule has 0 aliphatic carbocycles. The second kappa shape index (κ2) is 6.20. The first-order valence-electron chi connectivity index (χ1n) is 5.22. The van der Waals surface area contributed by atoms with E-state index < -0.39 is 24.1 Å². The quantitative estimate of drug-likeness (QED) is 0.764. The number of carbonyl (C=O) groups excluding carboxylic acids is 1. The van der Waals surface area contributed by atoms with Crippen molar-refractivity contribution in [3.05, 3.63) is 34.9 Å². The third-order valence-corrected chi connectivity index (χ3v) is 2.47. The van der Waals surface area contributed by atoms with E-state index in [4.69, 9.17) is 5.11 Å². The van der Waals surface area contributed by atoms with Crippen LogP contribution in [0.2, 0.25) is 0 Å². The van der Waals surface area contributed by atoms with Gasteiger partial charge in [-0.2, -0.15) is 0 Å². The maximum atomic E-state index is 12.7.